The van der Waals surface area contributed by atoms with E-state index in [9.17, 15) is 0 Å². The van der Waals surface area contributed by atoms with Crippen LogP contribution in [0.15, 0.2) is 22.6 Å². The predicted octanol–water partition coefficient (Wildman–Crippen LogP) is 3.64. The summed E-state index contributed by atoms with van der Waals surface area (Å²) in [7, 11) is 0. The molecule has 4 nitrogen and oxygen atoms in total. The predicted molar refractivity (Wildman–Crippen MR) is 73.9 cm³/mol. The van der Waals surface area contributed by atoms with Crippen molar-refractivity contribution in [1.82, 2.24) is 4.98 Å². The van der Waals surface area contributed by atoms with E-state index < -0.39 is 0 Å². The number of aromatic nitrogens is 1. The van der Waals surface area contributed by atoms with E-state index in [-0.39, 0.29) is 6.04 Å². The van der Waals surface area contributed by atoms with E-state index in [1.54, 1.807) is 0 Å². The molecule has 1 atom stereocenters. The fraction of sp³-hybridized carbons (Fsp3) is 0.333. The maximum absolute atomic E-state index is 8.99. The van der Waals surface area contributed by atoms with E-state index in [2.05, 4.69) is 16.4 Å². The molecule has 0 bridgehead atoms. The van der Waals surface area contributed by atoms with Gasteiger partial charge in [0.15, 0.2) is 0 Å². The number of rotatable bonds is 3. The summed E-state index contributed by atoms with van der Waals surface area (Å²) >= 11 is 0. The van der Waals surface area contributed by atoms with Crippen molar-refractivity contribution in [3.05, 3.63) is 46.5 Å². The summed E-state index contributed by atoms with van der Waals surface area (Å²) in [5, 5.41) is 12.3. The lowest BCUT2D eigenvalue weighted by Gasteiger charge is -2.14. The van der Waals surface area contributed by atoms with Crippen LogP contribution in [0.4, 0.5) is 5.82 Å². The molecule has 98 valence electrons. The standard InChI is InChI=1S/C15H17N3O/c1-9-5-6-15(18-14(9)8-16)17-11(3)13-7-10(2)19-12(13)4/h5-7,11H,1-4H3,(H,17,18). The number of aryl methyl sites for hydroxylation is 3. The molecule has 2 heterocycles. The molecule has 0 aromatic carbocycles. The number of anilines is 1. The SMILES string of the molecule is Cc1cc(C(C)Nc2ccc(C)c(C#N)n2)c(C)o1. The van der Waals surface area contributed by atoms with Crippen molar-refractivity contribution in [3.8, 4) is 6.07 Å². The summed E-state index contributed by atoms with van der Waals surface area (Å²) < 4.78 is 5.52. The molecular weight excluding hydrogens is 238 g/mol. The van der Waals surface area contributed by atoms with Crippen molar-refractivity contribution in [3.63, 3.8) is 0 Å². The van der Waals surface area contributed by atoms with E-state index in [1.165, 1.54) is 0 Å². The number of hydrogen-bond acceptors (Lipinski definition) is 4. The van der Waals surface area contributed by atoms with Crippen LogP contribution in [-0.2, 0) is 0 Å². The highest BCUT2D eigenvalue weighted by Gasteiger charge is 2.13. The number of hydrogen-bond donors (Lipinski definition) is 1. The lowest BCUT2D eigenvalue weighted by molar-refractivity contribution is 0.500. The summed E-state index contributed by atoms with van der Waals surface area (Å²) in [5.74, 6) is 2.51. The molecule has 0 spiro atoms. The van der Waals surface area contributed by atoms with Crippen molar-refractivity contribution in [2.24, 2.45) is 0 Å². The Morgan fingerprint density at radius 1 is 1.32 bits per heavy atom. The lowest BCUT2D eigenvalue weighted by Crippen LogP contribution is -2.09. The zero-order valence-corrected chi connectivity index (χ0v) is 11.6. The van der Waals surface area contributed by atoms with E-state index in [0.29, 0.717) is 11.5 Å². The summed E-state index contributed by atoms with van der Waals surface area (Å²) in [5.41, 5.74) is 2.45. The van der Waals surface area contributed by atoms with Crippen LogP contribution in [0.1, 0.15) is 41.3 Å². The van der Waals surface area contributed by atoms with Gasteiger partial charge in [0.25, 0.3) is 0 Å². The molecule has 0 saturated heterocycles. The molecule has 0 fully saturated rings. The summed E-state index contributed by atoms with van der Waals surface area (Å²) in [6.45, 7) is 7.80. The Balaban J connectivity index is 2.22. The normalized spacial score (nSPS) is 11.9. The number of furan rings is 1. The van der Waals surface area contributed by atoms with Gasteiger partial charge in [-0.2, -0.15) is 5.26 Å². The Bertz CT molecular complexity index is 637. The second-order valence-corrected chi connectivity index (χ2v) is 4.71. The van der Waals surface area contributed by atoms with Crippen LogP contribution in [0.25, 0.3) is 0 Å². The minimum absolute atomic E-state index is 0.0826. The summed E-state index contributed by atoms with van der Waals surface area (Å²) in [6.07, 6.45) is 0. The van der Waals surface area contributed by atoms with Gasteiger partial charge in [0.2, 0.25) is 0 Å². The first-order valence-corrected chi connectivity index (χ1v) is 6.22. The molecule has 1 N–H and O–H groups in total. The van der Waals surface area contributed by atoms with Crippen LogP contribution in [0.5, 0.6) is 0 Å². The van der Waals surface area contributed by atoms with Gasteiger partial charge in [-0.15, -0.1) is 0 Å². The van der Waals surface area contributed by atoms with Crippen molar-refractivity contribution >= 4 is 5.82 Å². The molecule has 0 amide bonds. The smallest absolute Gasteiger partial charge is 0.145 e. The molecule has 0 radical (unpaired) electrons. The van der Waals surface area contributed by atoms with E-state index >= 15 is 0 Å². The summed E-state index contributed by atoms with van der Waals surface area (Å²) in [4.78, 5) is 4.29. The Morgan fingerprint density at radius 2 is 2.05 bits per heavy atom. The van der Waals surface area contributed by atoms with E-state index in [4.69, 9.17) is 9.68 Å². The second kappa shape index (κ2) is 5.15. The third kappa shape index (κ3) is 2.76. The Labute approximate surface area is 113 Å². The fourth-order valence-electron chi connectivity index (χ4n) is 2.10. The molecule has 2 aromatic rings. The first kappa shape index (κ1) is 13.2. The van der Waals surface area contributed by atoms with Crippen molar-refractivity contribution in [1.29, 1.82) is 5.26 Å². The molecule has 0 saturated carbocycles. The maximum Gasteiger partial charge on any atom is 0.145 e. The van der Waals surface area contributed by atoms with Gasteiger partial charge in [0.1, 0.15) is 29.1 Å². The highest BCUT2D eigenvalue weighted by Crippen LogP contribution is 2.24. The first-order valence-electron chi connectivity index (χ1n) is 6.22. The van der Waals surface area contributed by atoms with Gasteiger partial charge in [-0.25, -0.2) is 4.98 Å². The topological polar surface area (TPSA) is 61.9 Å². The van der Waals surface area contributed by atoms with Gasteiger partial charge in [0.05, 0.1) is 6.04 Å². The Morgan fingerprint density at radius 3 is 2.63 bits per heavy atom. The van der Waals surface area contributed by atoms with Crippen LogP contribution >= 0.6 is 0 Å². The van der Waals surface area contributed by atoms with Crippen LogP contribution in [0, 0.1) is 32.1 Å². The molecule has 0 aliphatic carbocycles. The number of nitrogens with zero attached hydrogens (tertiary/aromatic N) is 2. The highest BCUT2D eigenvalue weighted by molar-refractivity contribution is 5.44. The van der Waals surface area contributed by atoms with Crippen molar-refractivity contribution < 1.29 is 4.42 Å². The second-order valence-electron chi connectivity index (χ2n) is 4.71. The molecule has 4 heteroatoms. The monoisotopic (exact) mass is 255 g/mol. The molecule has 2 rings (SSSR count). The van der Waals surface area contributed by atoms with Crippen LogP contribution in [0.2, 0.25) is 0 Å². The number of nitrogens with one attached hydrogen (secondary N) is 1. The number of pyridine rings is 1. The van der Waals surface area contributed by atoms with Gasteiger partial charge in [-0.1, -0.05) is 6.07 Å². The first-order chi connectivity index (χ1) is 9.01. The maximum atomic E-state index is 8.99. The van der Waals surface area contributed by atoms with Gasteiger partial charge < -0.3 is 9.73 Å². The molecule has 1 unspecified atom stereocenters. The lowest BCUT2D eigenvalue weighted by atomic mass is 10.1. The van der Waals surface area contributed by atoms with Crippen LogP contribution < -0.4 is 5.32 Å². The minimum atomic E-state index is 0.0826. The minimum Gasteiger partial charge on any atom is -0.466 e. The summed E-state index contributed by atoms with van der Waals surface area (Å²) in [6, 6.07) is 7.98. The van der Waals surface area contributed by atoms with Gasteiger partial charge in [-0.3, -0.25) is 0 Å². The average molecular weight is 255 g/mol. The molecular formula is C15H17N3O. The van der Waals surface area contributed by atoms with Crippen molar-refractivity contribution in [2.75, 3.05) is 5.32 Å². The van der Waals surface area contributed by atoms with E-state index in [1.807, 2.05) is 45.9 Å². The van der Waals surface area contributed by atoms with Gasteiger partial charge >= 0.3 is 0 Å². The third-order valence-corrected chi connectivity index (χ3v) is 3.11. The average Bonchev–Trinajstić information content (AvgIpc) is 2.71. The number of nitriles is 1. The van der Waals surface area contributed by atoms with E-state index in [0.717, 1.165) is 22.6 Å². The third-order valence-electron chi connectivity index (χ3n) is 3.11. The van der Waals surface area contributed by atoms with Gasteiger partial charge in [0, 0.05) is 5.56 Å². The van der Waals surface area contributed by atoms with Crippen LogP contribution in [0.3, 0.4) is 0 Å². The zero-order chi connectivity index (χ0) is 14.0. The molecule has 19 heavy (non-hydrogen) atoms. The molecule has 2 aromatic heterocycles. The largest absolute Gasteiger partial charge is 0.466 e. The quantitative estimate of drug-likeness (QED) is 0.909. The Kier molecular flexibility index (Phi) is 3.57. The highest BCUT2D eigenvalue weighted by atomic mass is 16.3. The van der Waals surface area contributed by atoms with Crippen molar-refractivity contribution in [2.45, 2.75) is 33.7 Å². The Hall–Kier alpha value is -2.28. The fourth-order valence-corrected chi connectivity index (χ4v) is 2.10. The zero-order valence-electron chi connectivity index (χ0n) is 11.6. The van der Waals surface area contributed by atoms with Crippen LogP contribution in [-0.4, -0.2) is 4.98 Å². The van der Waals surface area contributed by atoms with Gasteiger partial charge in [-0.05, 0) is 45.4 Å². The molecule has 0 aliphatic rings. The molecule has 0 aliphatic heterocycles.